The van der Waals surface area contributed by atoms with Gasteiger partial charge < -0.3 is 20.1 Å². The summed E-state index contributed by atoms with van der Waals surface area (Å²) in [7, 11) is 0. The van der Waals surface area contributed by atoms with Gasteiger partial charge in [-0.05, 0) is 57.9 Å². The number of nitrogens with zero attached hydrogens (tertiary/aromatic N) is 4. The van der Waals surface area contributed by atoms with E-state index in [1.54, 1.807) is 17.2 Å². The minimum Gasteiger partial charge on any atom is -0.507 e. The highest BCUT2D eigenvalue weighted by molar-refractivity contribution is 6.00. The molecule has 1 fully saturated rings. The molecule has 11 heteroatoms. The number of phenols is 1. The third-order valence-electron chi connectivity index (χ3n) is 5.58. The molecule has 3 heterocycles. The Morgan fingerprint density at radius 2 is 1.94 bits per heavy atom. The highest BCUT2D eigenvalue weighted by atomic mass is 19.4. The lowest BCUT2D eigenvalue weighted by Gasteiger charge is -2.34. The highest BCUT2D eigenvalue weighted by Gasteiger charge is 2.32. The van der Waals surface area contributed by atoms with Crippen LogP contribution in [0.1, 0.15) is 39.2 Å². The molecule has 0 radical (unpaired) electrons. The summed E-state index contributed by atoms with van der Waals surface area (Å²) in [5.74, 6) is -0.118. The van der Waals surface area contributed by atoms with Crippen LogP contribution in [0, 0.1) is 0 Å². The molecule has 0 aliphatic carbocycles. The van der Waals surface area contributed by atoms with E-state index in [4.69, 9.17) is 4.74 Å². The first kappa shape index (κ1) is 24.5. The molecular formula is C24H26F3N5O3. The van der Waals surface area contributed by atoms with E-state index in [2.05, 4.69) is 20.5 Å². The number of rotatable bonds is 3. The molecule has 1 atom stereocenters. The molecule has 4 rings (SSSR count). The largest absolute Gasteiger partial charge is 0.507 e. The van der Waals surface area contributed by atoms with Crippen LogP contribution in [0.3, 0.4) is 0 Å². The number of carbonyl (C=O) groups excluding carboxylic acids is 1. The van der Waals surface area contributed by atoms with Crippen molar-refractivity contribution in [2.75, 3.05) is 18.4 Å². The fourth-order valence-electron chi connectivity index (χ4n) is 3.99. The first-order valence-electron chi connectivity index (χ1n) is 11.2. The van der Waals surface area contributed by atoms with Crippen molar-refractivity contribution >= 4 is 22.7 Å². The highest BCUT2D eigenvalue weighted by Crippen LogP contribution is 2.38. The van der Waals surface area contributed by atoms with Crippen LogP contribution in [0.5, 0.6) is 5.75 Å². The number of ether oxygens (including phenoxy) is 1. The summed E-state index contributed by atoms with van der Waals surface area (Å²) in [4.78, 5) is 18.3. The molecule has 0 unspecified atom stereocenters. The summed E-state index contributed by atoms with van der Waals surface area (Å²) >= 11 is 0. The summed E-state index contributed by atoms with van der Waals surface area (Å²) in [6.07, 6.45) is -0.277. The number of benzene rings is 1. The number of hydrogen-bond acceptors (Lipinski definition) is 7. The van der Waals surface area contributed by atoms with E-state index >= 15 is 0 Å². The molecule has 1 aliphatic rings. The molecule has 1 aromatic carbocycles. The average Bonchev–Trinajstić information content (AvgIpc) is 2.78. The van der Waals surface area contributed by atoms with Gasteiger partial charge in [-0.25, -0.2) is 4.79 Å². The molecule has 186 valence electrons. The lowest BCUT2D eigenvalue weighted by molar-refractivity contribution is -0.137. The fraction of sp³-hybridized carbons (Fsp3) is 0.417. The zero-order valence-corrected chi connectivity index (χ0v) is 19.6. The minimum absolute atomic E-state index is 0.112. The van der Waals surface area contributed by atoms with E-state index < -0.39 is 23.1 Å². The summed E-state index contributed by atoms with van der Waals surface area (Å²) in [5.41, 5.74) is -1.19. The number of likely N-dealkylation sites (tertiary alicyclic amines) is 1. The van der Waals surface area contributed by atoms with Crippen LogP contribution >= 0.6 is 0 Å². The Balaban J connectivity index is 1.61. The number of halogens is 3. The predicted molar refractivity (Wildman–Crippen MR) is 124 cm³/mol. The average molecular weight is 489 g/mol. The molecule has 0 bridgehead atoms. The van der Waals surface area contributed by atoms with E-state index in [1.807, 2.05) is 20.8 Å². The lowest BCUT2D eigenvalue weighted by atomic mass is 10.0. The van der Waals surface area contributed by atoms with Gasteiger partial charge in [0.05, 0.1) is 5.56 Å². The monoisotopic (exact) mass is 489 g/mol. The summed E-state index contributed by atoms with van der Waals surface area (Å²) in [6.45, 7) is 6.45. The molecule has 8 nitrogen and oxygen atoms in total. The molecule has 1 amide bonds. The molecule has 3 aromatic rings. The second-order valence-corrected chi connectivity index (χ2v) is 9.46. The van der Waals surface area contributed by atoms with Crippen molar-refractivity contribution in [2.24, 2.45) is 0 Å². The van der Waals surface area contributed by atoms with Crippen LogP contribution in [0.2, 0.25) is 0 Å². The number of carbonyl (C=O) groups is 1. The maximum absolute atomic E-state index is 13.0. The predicted octanol–water partition coefficient (Wildman–Crippen LogP) is 5.23. The van der Waals surface area contributed by atoms with Gasteiger partial charge in [0.2, 0.25) is 0 Å². The van der Waals surface area contributed by atoms with Gasteiger partial charge in [0.1, 0.15) is 17.0 Å². The van der Waals surface area contributed by atoms with Gasteiger partial charge in [0.25, 0.3) is 0 Å². The number of fused-ring (bicyclic) bond motifs is 1. The van der Waals surface area contributed by atoms with Crippen molar-refractivity contribution in [2.45, 2.75) is 51.4 Å². The second-order valence-electron chi connectivity index (χ2n) is 9.46. The third kappa shape index (κ3) is 5.55. The van der Waals surface area contributed by atoms with E-state index in [0.717, 1.165) is 18.9 Å². The van der Waals surface area contributed by atoms with Gasteiger partial charge in [0, 0.05) is 47.9 Å². The first-order chi connectivity index (χ1) is 16.4. The summed E-state index contributed by atoms with van der Waals surface area (Å²) < 4.78 is 44.5. The van der Waals surface area contributed by atoms with Gasteiger partial charge in [-0.2, -0.15) is 13.2 Å². The Morgan fingerprint density at radius 1 is 1.17 bits per heavy atom. The summed E-state index contributed by atoms with van der Waals surface area (Å²) in [5, 5.41) is 23.2. The number of piperidine rings is 1. The molecule has 2 aromatic heterocycles. The van der Waals surface area contributed by atoms with Gasteiger partial charge in [-0.1, -0.05) is 0 Å². The fourth-order valence-corrected chi connectivity index (χ4v) is 3.99. The van der Waals surface area contributed by atoms with E-state index in [0.29, 0.717) is 35.7 Å². The van der Waals surface area contributed by atoms with E-state index in [-0.39, 0.29) is 23.4 Å². The second kappa shape index (κ2) is 9.20. The van der Waals surface area contributed by atoms with Crippen LogP contribution in [0.15, 0.2) is 36.7 Å². The van der Waals surface area contributed by atoms with Gasteiger partial charge in [0.15, 0.2) is 5.82 Å². The normalized spacial score (nSPS) is 16.9. The number of aromatic nitrogens is 3. The SMILES string of the molecule is CC(C)(C)OC(=O)N1CCC[C@@H](Nc2nnc(-c3ccc(C(F)(F)F)cc3O)c3ccncc23)C1. The lowest BCUT2D eigenvalue weighted by Crippen LogP contribution is -2.47. The summed E-state index contributed by atoms with van der Waals surface area (Å²) in [6, 6.07) is 4.29. The van der Waals surface area contributed by atoms with Gasteiger partial charge in [-0.15, -0.1) is 10.2 Å². The van der Waals surface area contributed by atoms with Crippen LogP contribution < -0.4 is 5.32 Å². The molecule has 1 saturated heterocycles. The third-order valence-corrected chi connectivity index (χ3v) is 5.58. The maximum atomic E-state index is 13.0. The Hall–Kier alpha value is -3.63. The molecule has 35 heavy (non-hydrogen) atoms. The first-order valence-corrected chi connectivity index (χ1v) is 11.2. The topological polar surface area (TPSA) is 100 Å². The van der Waals surface area contributed by atoms with Gasteiger partial charge in [-0.3, -0.25) is 4.98 Å². The molecule has 0 saturated carbocycles. The number of pyridine rings is 1. The number of hydrogen-bond donors (Lipinski definition) is 2. The quantitative estimate of drug-likeness (QED) is 0.520. The zero-order valence-electron chi connectivity index (χ0n) is 19.6. The van der Waals surface area contributed by atoms with Crippen molar-refractivity contribution in [3.63, 3.8) is 0 Å². The number of nitrogens with one attached hydrogen (secondary N) is 1. The van der Waals surface area contributed by atoms with Crippen molar-refractivity contribution in [1.29, 1.82) is 0 Å². The Bertz CT molecular complexity index is 1240. The van der Waals surface area contributed by atoms with Crippen molar-refractivity contribution < 1.29 is 27.8 Å². The van der Waals surface area contributed by atoms with E-state index in [9.17, 15) is 23.1 Å². The van der Waals surface area contributed by atoms with Crippen LogP contribution in [0.25, 0.3) is 22.0 Å². The van der Waals surface area contributed by atoms with Crippen LogP contribution in [-0.2, 0) is 10.9 Å². The molecular weight excluding hydrogens is 463 g/mol. The van der Waals surface area contributed by atoms with E-state index in [1.165, 1.54) is 12.3 Å². The minimum atomic E-state index is -4.57. The van der Waals surface area contributed by atoms with Gasteiger partial charge >= 0.3 is 12.3 Å². The Kier molecular flexibility index (Phi) is 6.44. The number of aromatic hydroxyl groups is 1. The standard InChI is InChI=1S/C24H26F3N5O3/c1-23(2,3)35-22(34)32-10-4-5-15(13-32)29-21-18-12-28-9-8-16(18)20(30-31-21)17-7-6-14(11-19(17)33)24(25,26)27/h6-9,11-12,15,33H,4-5,10,13H2,1-3H3,(H,29,31)/t15-/m1/s1. The number of phenolic OH excluding ortho intramolecular Hbond substituents is 1. The maximum Gasteiger partial charge on any atom is 0.416 e. The number of amides is 1. The molecule has 2 N–H and O–H groups in total. The Labute approximate surface area is 200 Å². The van der Waals surface area contributed by atoms with Crippen LogP contribution in [0.4, 0.5) is 23.8 Å². The molecule has 0 spiro atoms. The Morgan fingerprint density at radius 3 is 2.63 bits per heavy atom. The van der Waals surface area contributed by atoms with Crippen molar-refractivity contribution in [3.05, 3.63) is 42.2 Å². The number of anilines is 1. The van der Waals surface area contributed by atoms with Crippen molar-refractivity contribution in [3.8, 4) is 17.0 Å². The van der Waals surface area contributed by atoms with Crippen LogP contribution in [-0.4, -0.2) is 56.0 Å². The number of alkyl halides is 3. The van der Waals surface area contributed by atoms with Crippen molar-refractivity contribution in [1.82, 2.24) is 20.1 Å². The smallest absolute Gasteiger partial charge is 0.416 e. The molecule has 1 aliphatic heterocycles. The zero-order chi connectivity index (χ0) is 25.4.